The van der Waals surface area contributed by atoms with Gasteiger partial charge in [-0.15, -0.1) is 0 Å². The first-order valence-corrected chi connectivity index (χ1v) is 11.2. The Labute approximate surface area is 211 Å². The molecule has 0 bridgehead atoms. The number of rotatable bonds is 8. The Kier molecular flexibility index (Phi) is 7.65. The van der Waals surface area contributed by atoms with Crippen molar-refractivity contribution in [1.82, 2.24) is 10.4 Å². The zero-order valence-corrected chi connectivity index (χ0v) is 19.7. The van der Waals surface area contributed by atoms with Crippen LogP contribution in [0.15, 0.2) is 89.1 Å². The number of aromatic carboxylic acids is 1. The number of hydrazine groups is 1. The van der Waals surface area contributed by atoms with Gasteiger partial charge in [0, 0.05) is 11.8 Å². The first-order valence-electron chi connectivity index (χ1n) is 11.2. The van der Waals surface area contributed by atoms with Crippen LogP contribution in [0.2, 0.25) is 0 Å². The normalized spacial score (nSPS) is 17.1. The Morgan fingerprint density at radius 3 is 2.51 bits per heavy atom. The van der Waals surface area contributed by atoms with Gasteiger partial charge in [0.1, 0.15) is 12.2 Å². The average molecular weight is 501 g/mol. The summed E-state index contributed by atoms with van der Waals surface area (Å²) in [5.41, 5.74) is 4.22. The second-order valence-corrected chi connectivity index (χ2v) is 8.06. The maximum absolute atomic E-state index is 13.2. The molecule has 3 N–H and O–H groups in total. The van der Waals surface area contributed by atoms with Gasteiger partial charge in [-0.1, -0.05) is 42.5 Å². The van der Waals surface area contributed by atoms with E-state index in [9.17, 15) is 24.3 Å². The molecule has 0 spiro atoms. The number of carboxylic acid groups (broad SMARTS) is 1. The molecule has 2 atom stereocenters. The number of carbonyl (C=O) groups excluding carboxylic acids is 3. The molecule has 1 aliphatic rings. The second kappa shape index (κ2) is 11.2. The topological polar surface area (TPSA) is 150 Å². The minimum absolute atomic E-state index is 0.0192. The summed E-state index contributed by atoms with van der Waals surface area (Å²) in [4.78, 5) is 49.8. The number of hydrogen-bond donors (Lipinski definition) is 3. The standard InChI is InChI=1S/C26H23N5O6/c1-37-20-12-6-10-18(14-20)27-21(32)15-22(33)31-25(34)24(23(30-31)16-7-3-2-4-8-16)29-28-19-11-5-9-17(13-19)26(35)36/h2-14,23-24,30H,15H2,1H3,(H,27,32)(H,35,36). The van der Waals surface area contributed by atoms with Crippen molar-refractivity contribution in [2.75, 3.05) is 12.4 Å². The van der Waals surface area contributed by atoms with Crippen LogP contribution in [0, 0.1) is 0 Å². The van der Waals surface area contributed by atoms with E-state index in [0.29, 0.717) is 17.0 Å². The number of anilines is 1. The van der Waals surface area contributed by atoms with Crippen molar-refractivity contribution >= 4 is 35.1 Å². The lowest BCUT2D eigenvalue weighted by Gasteiger charge is -2.16. The monoisotopic (exact) mass is 501 g/mol. The predicted octanol–water partition coefficient (Wildman–Crippen LogP) is 3.49. The summed E-state index contributed by atoms with van der Waals surface area (Å²) < 4.78 is 5.12. The van der Waals surface area contributed by atoms with Gasteiger partial charge in [-0.05, 0) is 35.9 Å². The third kappa shape index (κ3) is 6.03. The molecule has 3 aromatic rings. The highest BCUT2D eigenvalue weighted by molar-refractivity contribution is 6.09. The van der Waals surface area contributed by atoms with Crippen LogP contribution >= 0.6 is 0 Å². The van der Waals surface area contributed by atoms with Gasteiger partial charge in [0.25, 0.3) is 11.8 Å². The number of methoxy groups -OCH3 is 1. The van der Waals surface area contributed by atoms with E-state index in [-0.39, 0.29) is 11.3 Å². The Bertz CT molecular complexity index is 1360. The molecule has 1 saturated heterocycles. The lowest BCUT2D eigenvalue weighted by molar-refractivity contribution is -0.146. The number of benzene rings is 3. The number of amides is 3. The fourth-order valence-corrected chi connectivity index (χ4v) is 3.73. The van der Waals surface area contributed by atoms with Crippen molar-refractivity contribution < 1.29 is 29.0 Å². The fraction of sp³-hybridized carbons (Fsp3) is 0.154. The third-order valence-electron chi connectivity index (χ3n) is 5.52. The third-order valence-corrected chi connectivity index (χ3v) is 5.52. The van der Waals surface area contributed by atoms with Crippen LogP contribution in [-0.4, -0.2) is 47.0 Å². The van der Waals surface area contributed by atoms with Crippen LogP contribution in [0.25, 0.3) is 0 Å². The summed E-state index contributed by atoms with van der Waals surface area (Å²) >= 11 is 0. The highest BCUT2D eigenvalue weighted by Crippen LogP contribution is 2.29. The smallest absolute Gasteiger partial charge is 0.335 e. The van der Waals surface area contributed by atoms with Gasteiger partial charge in [-0.25, -0.2) is 15.2 Å². The quantitative estimate of drug-likeness (QED) is 0.316. The minimum Gasteiger partial charge on any atom is -0.497 e. The molecule has 1 fully saturated rings. The van der Waals surface area contributed by atoms with Crippen molar-refractivity contribution in [2.45, 2.75) is 18.5 Å². The van der Waals surface area contributed by atoms with Gasteiger partial charge in [-0.2, -0.15) is 10.2 Å². The maximum atomic E-state index is 13.2. The molecule has 11 heteroatoms. The fourth-order valence-electron chi connectivity index (χ4n) is 3.73. The van der Waals surface area contributed by atoms with Crippen LogP contribution in [-0.2, 0) is 14.4 Å². The SMILES string of the molecule is COc1cccc(NC(=O)CC(=O)N2NC(c3ccccc3)C(N=Nc3cccc(C(=O)O)c3)C2=O)c1. The van der Waals surface area contributed by atoms with E-state index in [1.54, 1.807) is 60.7 Å². The van der Waals surface area contributed by atoms with Crippen molar-refractivity contribution in [3.63, 3.8) is 0 Å². The molecular weight excluding hydrogens is 478 g/mol. The van der Waals surface area contributed by atoms with Gasteiger partial charge in [0.05, 0.1) is 24.4 Å². The van der Waals surface area contributed by atoms with Crippen LogP contribution in [0.3, 0.4) is 0 Å². The molecule has 4 rings (SSSR count). The Morgan fingerprint density at radius 1 is 1.03 bits per heavy atom. The van der Waals surface area contributed by atoms with Gasteiger partial charge in [0.2, 0.25) is 5.91 Å². The molecule has 0 saturated carbocycles. The molecule has 3 aromatic carbocycles. The highest BCUT2D eigenvalue weighted by Gasteiger charge is 2.44. The van der Waals surface area contributed by atoms with Crippen molar-refractivity contribution in [2.24, 2.45) is 10.2 Å². The van der Waals surface area contributed by atoms with Gasteiger partial charge in [0.15, 0.2) is 6.04 Å². The number of ether oxygens (including phenoxy) is 1. The number of hydrogen-bond acceptors (Lipinski definition) is 8. The summed E-state index contributed by atoms with van der Waals surface area (Å²) in [6, 6.07) is 19.5. The van der Waals surface area contributed by atoms with E-state index in [0.717, 1.165) is 5.01 Å². The van der Waals surface area contributed by atoms with E-state index in [1.165, 1.54) is 25.3 Å². The van der Waals surface area contributed by atoms with Crippen molar-refractivity contribution in [1.29, 1.82) is 0 Å². The van der Waals surface area contributed by atoms with Crippen LogP contribution < -0.4 is 15.5 Å². The van der Waals surface area contributed by atoms with Gasteiger partial charge in [-0.3, -0.25) is 14.4 Å². The number of imide groups is 1. The van der Waals surface area contributed by atoms with Crippen LogP contribution in [0.5, 0.6) is 5.75 Å². The second-order valence-electron chi connectivity index (χ2n) is 8.06. The Balaban J connectivity index is 1.52. The molecule has 188 valence electrons. The van der Waals surface area contributed by atoms with Gasteiger partial charge < -0.3 is 15.2 Å². The minimum atomic E-state index is -1.12. The number of carboxylic acids is 1. The van der Waals surface area contributed by atoms with Crippen LogP contribution in [0.1, 0.15) is 28.4 Å². The zero-order valence-electron chi connectivity index (χ0n) is 19.7. The Morgan fingerprint density at radius 2 is 1.78 bits per heavy atom. The lowest BCUT2D eigenvalue weighted by atomic mass is 10.0. The van der Waals surface area contributed by atoms with E-state index in [2.05, 4.69) is 21.0 Å². The van der Waals surface area contributed by atoms with E-state index >= 15 is 0 Å². The summed E-state index contributed by atoms with van der Waals surface area (Å²) in [6.07, 6.45) is -0.595. The molecule has 1 heterocycles. The van der Waals surface area contributed by atoms with E-state index in [4.69, 9.17) is 4.74 Å². The molecule has 3 amide bonds. The number of azo groups is 1. The van der Waals surface area contributed by atoms with Crippen molar-refractivity contribution in [3.8, 4) is 5.75 Å². The number of nitrogens with zero attached hydrogens (tertiary/aromatic N) is 3. The summed E-state index contributed by atoms with van der Waals surface area (Å²) in [7, 11) is 1.49. The summed E-state index contributed by atoms with van der Waals surface area (Å²) in [5, 5.41) is 20.8. The molecule has 1 aliphatic heterocycles. The lowest BCUT2D eigenvalue weighted by Crippen LogP contribution is -2.42. The number of nitrogens with one attached hydrogen (secondary N) is 2. The molecular formula is C26H23N5O6. The Hall–Kier alpha value is -4.90. The predicted molar refractivity (Wildman–Crippen MR) is 132 cm³/mol. The zero-order chi connectivity index (χ0) is 26.4. The average Bonchev–Trinajstić information content (AvgIpc) is 3.24. The van der Waals surface area contributed by atoms with Crippen molar-refractivity contribution in [3.05, 3.63) is 90.0 Å². The molecule has 11 nitrogen and oxygen atoms in total. The number of carbonyl (C=O) groups is 4. The first kappa shape index (κ1) is 25.2. The molecule has 0 aliphatic carbocycles. The molecule has 37 heavy (non-hydrogen) atoms. The summed E-state index contributed by atoms with van der Waals surface area (Å²) in [6.45, 7) is 0. The van der Waals surface area contributed by atoms with Crippen LogP contribution in [0.4, 0.5) is 11.4 Å². The molecule has 0 radical (unpaired) electrons. The summed E-state index contributed by atoms with van der Waals surface area (Å²) in [5.74, 6) is -2.65. The molecule has 2 unspecified atom stereocenters. The van der Waals surface area contributed by atoms with E-state index in [1.807, 2.05) is 0 Å². The maximum Gasteiger partial charge on any atom is 0.335 e. The highest BCUT2D eigenvalue weighted by atomic mass is 16.5. The first-order chi connectivity index (χ1) is 17.9. The van der Waals surface area contributed by atoms with E-state index < -0.39 is 42.2 Å². The van der Waals surface area contributed by atoms with Gasteiger partial charge >= 0.3 is 5.97 Å². The molecule has 0 aromatic heterocycles. The largest absolute Gasteiger partial charge is 0.497 e.